The molecule has 1 amide bonds. The molecule has 0 unspecified atom stereocenters. The largest absolute Gasteiger partial charge is 0.480 e. The average Bonchev–Trinajstić information content (AvgIpc) is 3.52. The maximum atomic E-state index is 13.0. The summed E-state index contributed by atoms with van der Waals surface area (Å²) in [4.78, 5) is 36.1. The van der Waals surface area contributed by atoms with E-state index in [4.69, 9.17) is 16.0 Å². The number of furan rings is 1. The van der Waals surface area contributed by atoms with Gasteiger partial charge in [0.2, 0.25) is 5.91 Å². The number of para-hydroxylation sites is 1. The van der Waals surface area contributed by atoms with Gasteiger partial charge >= 0.3 is 5.97 Å². The summed E-state index contributed by atoms with van der Waals surface area (Å²) in [6.45, 7) is 2.11. The van der Waals surface area contributed by atoms with Crippen molar-refractivity contribution >= 4 is 57.1 Å². The van der Waals surface area contributed by atoms with Crippen LogP contribution in [0.3, 0.4) is 0 Å². The van der Waals surface area contributed by atoms with E-state index in [1.807, 2.05) is 66.7 Å². The van der Waals surface area contributed by atoms with E-state index in [9.17, 15) is 14.7 Å². The zero-order chi connectivity index (χ0) is 27.1. The molecule has 3 aromatic carbocycles. The quantitative estimate of drug-likeness (QED) is 0.259. The van der Waals surface area contributed by atoms with Crippen LogP contribution in [-0.4, -0.2) is 39.5 Å². The van der Waals surface area contributed by atoms with Crippen molar-refractivity contribution in [2.45, 2.75) is 25.8 Å². The third-order valence-corrected chi connectivity index (χ3v) is 7.40. The van der Waals surface area contributed by atoms with Crippen LogP contribution in [0.25, 0.3) is 33.2 Å². The Morgan fingerprint density at radius 2 is 1.82 bits per heavy atom. The summed E-state index contributed by atoms with van der Waals surface area (Å²) < 4.78 is 6.08. The van der Waals surface area contributed by atoms with Crippen molar-refractivity contribution in [1.82, 2.24) is 9.97 Å². The SMILES string of the molecule is Cc1nc(N2C[C@@H](CC(=O)Nc3ccc(-c4ccccc4)cc3Cl)C[C@H]2C(=O)O)c2oc3ccccc3c2n1. The highest BCUT2D eigenvalue weighted by Gasteiger charge is 2.40. The highest BCUT2D eigenvalue weighted by Crippen LogP contribution is 2.38. The molecular formula is C30H25ClN4O4. The monoisotopic (exact) mass is 540 g/mol. The summed E-state index contributed by atoms with van der Waals surface area (Å²) in [5, 5.41) is 14.2. The number of carboxylic acid groups (broad SMARTS) is 1. The first-order valence-electron chi connectivity index (χ1n) is 12.7. The number of anilines is 2. The number of fused-ring (bicyclic) bond motifs is 3. The summed E-state index contributed by atoms with van der Waals surface area (Å²) in [5.41, 5.74) is 4.25. The van der Waals surface area contributed by atoms with Gasteiger partial charge in [-0.2, -0.15) is 0 Å². The first-order valence-corrected chi connectivity index (χ1v) is 13.1. The Morgan fingerprint density at radius 3 is 2.59 bits per heavy atom. The molecule has 6 rings (SSSR count). The minimum absolute atomic E-state index is 0.143. The van der Waals surface area contributed by atoms with Crippen LogP contribution in [0.2, 0.25) is 5.02 Å². The Kier molecular flexibility index (Phi) is 6.40. The molecule has 1 saturated heterocycles. The normalized spacial score (nSPS) is 17.1. The molecule has 0 radical (unpaired) electrons. The fraction of sp³-hybridized carbons (Fsp3) is 0.200. The van der Waals surface area contributed by atoms with Crippen molar-refractivity contribution in [1.29, 1.82) is 0 Å². The molecule has 0 spiro atoms. The van der Waals surface area contributed by atoms with E-state index in [2.05, 4.69) is 15.3 Å². The molecule has 3 heterocycles. The Morgan fingerprint density at radius 1 is 1.05 bits per heavy atom. The van der Waals surface area contributed by atoms with Gasteiger partial charge in [0.15, 0.2) is 11.4 Å². The number of aliphatic carboxylic acids is 1. The van der Waals surface area contributed by atoms with E-state index < -0.39 is 12.0 Å². The number of carbonyl (C=O) groups excluding carboxylic acids is 1. The molecule has 2 aromatic heterocycles. The third kappa shape index (κ3) is 4.79. The van der Waals surface area contributed by atoms with Gasteiger partial charge in [0.1, 0.15) is 23.0 Å². The summed E-state index contributed by atoms with van der Waals surface area (Å²) in [6, 6.07) is 22.0. The smallest absolute Gasteiger partial charge is 0.326 e. The maximum Gasteiger partial charge on any atom is 0.326 e. The summed E-state index contributed by atoms with van der Waals surface area (Å²) in [6.07, 6.45) is 0.443. The number of halogens is 1. The van der Waals surface area contributed by atoms with Crippen LogP contribution < -0.4 is 10.2 Å². The zero-order valence-corrected chi connectivity index (χ0v) is 21.9. The fourth-order valence-electron chi connectivity index (χ4n) is 5.31. The predicted molar refractivity (Wildman–Crippen MR) is 151 cm³/mol. The molecule has 8 nitrogen and oxygen atoms in total. The van der Waals surface area contributed by atoms with Crippen molar-refractivity contribution in [2.24, 2.45) is 5.92 Å². The number of benzene rings is 3. The molecule has 0 saturated carbocycles. The first kappa shape index (κ1) is 24.9. The van der Waals surface area contributed by atoms with Gasteiger partial charge in [-0.05, 0) is 54.7 Å². The molecule has 9 heteroatoms. The number of nitrogens with zero attached hydrogens (tertiary/aromatic N) is 3. The molecular weight excluding hydrogens is 516 g/mol. The van der Waals surface area contributed by atoms with Gasteiger partial charge < -0.3 is 19.7 Å². The van der Waals surface area contributed by atoms with E-state index in [1.165, 1.54) is 0 Å². The molecule has 5 aromatic rings. The molecule has 2 N–H and O–H groups in total. The molecule has 1 fully saturated rings. The van der Waals surface area contributed by atoms with Gasteiger partial charge in [0.05, 0.1) is 10.7 Å². The summed E-state index contributed by atoms with van der Waals surface area (Å²) >= 11 is 6.49. The van der Waals surface area contributed by atoms with Crippen LogP contribution in [0.15, 0.2) is 77.2 Å². The molecule has 1 aliphatic heterocycles. The van der Waals surface area contributed by atoms with Gasteiger partial charge in [0, 0.05) is 18.4 Å². The molecule has 2 atom stereocenters. The van der Waals surface area contributed by atoms with Crippen molar-refractivity contribution in [3.63, 3.8) is 0 Å². The van der Waals surface area contributed by atoms with Gasteiger partial charge in [-0.25, -0.2) is 14.8 Å². The van der Waals surface area contributed by atoms with E-state index in [0.717, 1.165) is 16.5 Å². The first-order chi connectivity index (χ1) is 18.9. The van der Waals surface area contributed by atoms with Crippen LogP contribution in [0.4, 0.5) is 11.5 Å². The van der Waals surface area contributed by atoms with Gasteiger partial charge in [0.25, 0.3) is 0 Å². The van der Waals surface area contributed by atoms with Crippen molar-refractivity contribution in [2.75, 3.05) is 16.8 Å². The number of hydrogen-bond donors (Lipinski definition) is 2. The number of hydrogen-bond acceptors (Lipinski definition) is 6. The Hall–Kier alpha value is -4.43. The van der Waals surface area contributed by atoms with Crippen molar-refractivity contribution in [3.05, 3.63) is 83.6 Å². The molecule has 1 aliphatic rings. The minimum atomic E-state index is -0.974. The topological polar surface area (TPSA) is 109 Å². The van der Waals surface area contributed by atoms with E-state index >= 15 is 0 Å². The zero-order valence-electron chi connectivity index (χ0n) is 21.1. The van der Waals surface area contributed by atoms with Gasteiger partial charge in [-0.15, -0.1) is 0 Å². The lowest BCUT2D eigenvalue weighted by atomic mass is 10.0. The number of carbonyl (C=O) groups is 2. The lowest BCUT2D eigenvalue weighted by Gasteiger charge is -2.22. The number of amides is 1. The molecule has 0 bridgehead atoms. The van der Waals surface area contributed by atoms with Crippen molar-refractivity contribution < 1.29 is 19.1 Å². The van der Waals surface area contributed by atoms with Crippen LogP contribution >= 0.6 is 11.6 Å². The molecule has 0 aliphatic carbocycles. The Balaban J connectivity index is 1.22. The number of carboxylic acids is 1. The highest BCUT2D eigenvalue weighted by molar-refractivity contribution is 6.34. The second-order valence-electron chi connectivity index (χ2n) is 9.79. The number of aromatic nitrogens is 2. The second-order valence-corrected chi connectivity index (χ2v) is 10.2. The molecule has 39 heavy (non-hydrogen) atoms. The Bertz CT molecular complexity index is 1720. The highest BCUT2D eigenvalue weighted by atomic mass is 35.5. The Labute approximate surface area is 229 Å². The van der Waals surface area contributed by atoms with Crippen molar-refractivity contribution in [3.8, 4) is 11.1 Å². The lowest BCUT2D eigenvalue weighted by molar-refractivity contribution is -0.138. The van der Waals surface area contributed by atoms with Crippen LogP contribution in [-0.2, 0) is 9.59 Å². The maximum absolute atomic E-state index is 13.0. The number of aryl methyl sites for hydroxylation is 1. The van der Waals surface area contributed by atoms with Crippen LogP contribution in [0, 0.1) is 12.8 Å². The van der Waals surface area contributed by atoms with Gasteiger partial charge in [-0.3, -0.25) is 4.79 Å². The van der Waals surface area contributed by atoms with Gasteiger partial charge in [-0.1, -0.05) is 60.1 Å². The van der Waals surface area contributed by atoms with E-state index in [1.54, 1.807) is 17.9 Å². The standard InChI is InChI=1S/C30H25ClN4O4/c1-17-32-27-21-9-5-6-10-25(21)39-28(27)29(33-17)35-16-18(13-24(35)30(37)38)14-26(36)34-23-12-11-20(15-22(23)31)19-7-3-2-4-8-19/h2-12,15,18,24H,13-14,16H2,1H3,(H,34,36)(H,37,38)/t18-,24+/m1/s1. The second kappa shape index (κ2) is 10.0. The summed E-state index contributed by atoms with van der Waals surface area (Å²) in [7, 11) is 0. The lowest BCUT2D eigenvalue weighted by Crippen LogP contribution is -2.36. The van der Waals surface area contributed by atoms with Crippen LogP contribution in [0.1, 0.15) is 18.7 Å². The predicted octanol–water partition coefficient (Wildman–Crippen LogP) is 6.31. The van der Waals surface area contributed by atoms with E-state index in [0.29, 0.717) is 52.0 Å². The number of rotatable bonds is 6. The minimum Gasteiger partial charge on any atom is -0.480 e. The van der Waals surface area contributed by atoms with E-state index in [-0.39, 0.29) is 18.2 Å². The van der Waals surface area contributed by atoms with Crippen LogP contribution in [0.5, 0.6) is 0 Å². The third-order valence-electron chi connectivity index (χ3n) is 7.08. The fourth-order valence-corrected chi connectivity index (χ4v) is 5.54. The average molecular weight is 541 g/mol. The summed E-state index contributed by atoms with van der Waals surface area (Å²) in [5.74, 6) is -0.458. The number of nitrogens with one attached hydrogen (secondary N) is 1. The molecule has 196 valence electrons.